The Morgan fingerprint density at radius 1 is 1.16 bits per heavy atom. The van der Waals surface area contributed by atoms with E-state index in [4.69, 9.17) is 21.2 Å². The lowest BCUT2D eigenvalue weighted by molar-refractivity contribution is 0.0273. The van der Waals surface area contributed by atoms with E-state index < -0.39 is 0 Å². The maximum Gasteiger partial charge on any atom is 0.216 e. The molecule has 2 heterocycles. The highest BCUT2D eigenvalue weighted by atomic mass is 35.5. The highest BCUT2D eigenvalue weighted by molar-refractivity contribution is 6.30. The first-order chi connectivity index (χ1) is 9.31. The molecule has 0 saturated carbocycles. The van der Waals surface area contributed by atoms with Crippen molar-refractivity contribution in [3.05, 3.63) is 65.5 Å². The first-order valence-electron chi connectivity index (χ1n) is 5.63. The fraction of sp³-hybridized carbons (Fsp3) is 0.0769. The zero-order valence-corrected chi connectivity index (χ0v) is 10.5. The summed E-state index contributed by atoms with van der Waals surface area (Å²) < 4.78 is 5.52. The molecule has 6 heteroatoms. The molecule has 1 aromatic heterocycles. The Morgan fingerprint density at radius 2 is 1.89 bits per heavy atom. The molecule has 2 aromatic rings. The highest BCUT2D eigenvalue weighted by Crippen LogP contribution is 2.26. The minimum atomic E-state index is -0.211. The van der Waals surface area contributed by atoms with E-state index >= 15 is 0 Å². The van der Waals surface area contributed by atoms with Crippen LogP contribution in [0, 0.1) is 0 Å². The Hall–Kier alpha value is -2.11. The van der Waals surface area contributed by atoms with Gasteiger partial charge >= 0.3 is 0 Å². The van der Waals surface area contributed by atoms with Crippen LogP contribution in [0.5, 0.6) is 5.75 Å². The van der Waals surface area contributed by atoms with E-state index in [1.54, 1.807) is 12.4 Å². The molecule has 0 radical (unpaired) electrons. The molecule has 5 nitrogen and oxygen atoms in total. The second kappa shape index (κ2) is 5.26. The van der Waals surface area contributed by atoms with Crippen LogP contribution >= 0.6 is 11.6 Å². The van der Waals surface area contributed by atoms with Gasteiger partial charge in [0, 0.05) is 11.1 Å². The molecule has 1 aromatic carbocycles. The van der Waals surface area contributed by atoms with Crippen molar-refractivity contribution in [2.24, 2.45) is 0 Å². The maximum absolute atomic E-state index is 5.84. The number of nitrogens with zero attached hydrogens (tertiary/aromatic N) is 2. The molecule has 1 atom stereocenters. The van der Waals surface area contributed by atoms with E-state index in [9.17, 15) is 0 Å². The summed E-state index contributed by atoms with van der Waals surface area (Å²) in [7, 11) is 0. The van der Waals surface area contributed by atoms with E-state index in [0.717, 1.165) is 5.56 Å². The van der Waals surface area contributed by atoms with Crippen molar-refractivity contribution in [2.75, 3.05) is 0 Å². The van der Waals surface area contributed by atoms with Gasteiger partial charge in [0.25, 0.3) is 0 Å². The van der Waals surface area contributed by atoms with Crippen LogP contribution in [-0.4, -0.2) is 9.97 Å². The molecule has 1 aliphatic rings. The van der Waals surface area contributed by atoms with Crippen molar-refractivity contribution < 1.29 is 9.57 Å². The molecule has 0 fully saturated rings. The minimum Gasteiger partial charge on any atom is -0.436 e. The SMILES string of the molecule is Clc1ccc([C@@H]2C=C(Oc3cncnc3)NO2)cc1. The van der Waals surface area contributed by atoms with Crippen molar-refractivity contribution in [1.82, 2.24) is 15.4 Å². The highest BCUT2D eigenvalue weighted by Gasteiger charge is 2.19. The van der Waals surface area contributed by atoms with Gasteiger partial charge in [0.1, 0.15) is 12.4 Å². The number of benzene rings is 1. The predicted octanol–water partition coefficient (Wildman–Crippen LogP) is 2.63. The normalized spacial score (nSPS) is 17.7. The third kappa shape index (κ3) is 2.83. The molecule has 0 saturated heterocycles. The number of aromatic nitrogens is 2. The number of hydroxylamine groups is 1. The third-order valence-electron chi connectivity index (χ3n) is 2.55. The third-order valence-corrected chi connectivity index (χ3v) is 2.80. The monoisotopic (exact) mass is 275 g/mol. The average Bonchev–Trinajstić information content (AvgIpc) is 2.89. The van der Waals surface area contributed by atoms with E-state index in [-0.39, 0.29) is 6.10 Å². The maximum atomic E-state index is 5.84. The van der Waals surface area contributed by atoms with Gasteiger partial charge in [-0.15, -0.1) is 0 Å². The zero-order chi connectivity index (χ0) is 13.1. The predicted molar refractivity (Wildman–Crippen MR) is 69.2 cm³/mol. The van der Waals surface area contributed by atoms with Crippen LogP contribution in [0.3, 0.4) is 0 Å². The second-order valence-corrected chi connectivity index (χ2v) is 4.34. The number of rotatable bonds is 3. The Bertz CT molecular complexity index is 587. The quantitative estimate of drug-likeness (QED) is 0.933. The zero-order valence-electron chi connectivity index (χ0n) is 9.79. The summed E-state index contributed by atoms with van der Waals surface area (Å²) >= 11 is 5.84. The molecule has 0 amide bonds. The largest absolute Gasteiger partial charge is 0.436 e. The molecule has 0 aliphatic carbocycles. The van der Waals surface area contributed by atoms with Gasteiger partial charge in [-0.25, -0.2) is 15.4 Å². The Labute approximate surface area is 114 Å². The lowest BCUT2D eigenvalue weighted by Gasteiger charge is -2.07. The van der Waals surface area contributed by atoms with Crippen molar-refractivity contribution >= 4 is 11.6 Å². The van der Waals surface area contributed by atoms with Crippen LogP contribution in [-0.2, 0) is 4.84 Å². The number of halogens is 1. The fourth-order valence-corrected chi connectivity index (χ4v) is 1.79. The lowest BCUT2D eigenvalue weighted by Crippen LogP contribution is -2.12. The molecule has 19 heavy (non-hydrogen) atoms. The Balaban J connectivity index is 1.72. The van der Waals surface area contributed by atoms with Crippen molar-refractivity contribution in [1.29, 1.82) is 0 Å². The molecule has 1 N–H and O–H groups in total. The smallest absolute Gasteiger partial charge is 0.216 e. The first kappa shape index (κ1) is 12.0. The van der Waals surface area contributed by atoms with Gasteiger partial charge in [-0.3, -0.25) is 4.84 Å². The molecule has 1 aliphatic heterocycles. The molecule has 0 unspecified atom stereocenters. The molecule has 0 bridgehead atoms. The van der Waals surface area contributed by atoms with Crippen LogP contribution in [0.25, 0.3) is 0 Å². The van der Waals surface area contributed by atoms with E-state index in [1.807, 2.05) is 30.3 Å². The van der Waals surface area contributed by atoms with Crippen LogP contribution < -0.4 is 10.2 Å². The van der Waals surface area contributed by atoms with Gasteiger partial charge in [0.15, 0.2) is 5.75 Å². The van der Waals surface area contributed by atoms with Gasteiger partial charge in [-0.2, -0.15) is 0 Å². The van der Waals surface area contributed by atoms with Gasteiger partial charge in [-0.1, -0.05) is 23.7 Å². The summed E-state index contributed by atoms with van der Waals surface area (Å²) in [4.78, 5) is 13.1. The van der Waals surface area contributed by atoms with Gasteiger partial charge in [0.05, 0.1) is 12.4 Å². The standard InChI is InChI=1S/C13H10ClN3O2/c14-10-3-1-9(2-4-10)12-5-13(17-19-12)18-11-6-15-8-16-7-11/h1-8,12,17H/t12-/m0/s1. The molecular formula is C13H10ClN3O2. The minimum absolute atomic E-state index is 0.211. The summed E-state index contributed by atoms with van der Waals surface area (Å²) in [6, 6.07) is 7.44. The first-order valence-corrected chi connectivity index (χ1v) is 6.01. The summed E-state index contributed by atoms with van der Waals surface area (Å²) in [6.07, 6.45) is 6.21. The van der Waals surface area contributed by atoms with Crippen LogP contribution in [0.4, 0.5) is 0 Å². The van der Waals surface area contributed by atoms with Gasteiger partial charge in [-0.05, 0) is 17.7 Å². The summed E-state index contributed by atoms with van der Waals surface area (Å²) in [6.45, 7) is 0. The number of hydrogen-bond acceptors (Lipinski definition) is 5. The van der Waals surface area contributed by atoms with Crippen LogP contribution in [0.15, 0.2) is 54.9 Å². The van der Waals surface area contributed by atoms with Crippen LogP contribution in [0.1, 0.15) is 11.7 Å². The summed E-state index contributed by atoms with van der Waals surface area (Å²) in [5, 5.41) is 0.691. The molecule has 0 spiro atoms. The average molecular weight is 276 g/mol. The number of hydrogen-bond donors (Lipinski definition) is 1. The van der Waals surface area contributed by atoms with Crippen molar-refractivity contribution in [2.45, 2.75) is 6.10 Å². The number of ether oxygens (including phenoxy) is 1. The van der Waals surface area contributed by atoms with E-state index in [0.29, 0.717) is 16.7 Å². The van der Waals surface area contributed by atoms with Crippen molar-refractivity contribution in [3.8, 4) is 5.75 Å². The molecule has 3 rings (SSSR count). The fourth-order valence-electron chi connectivity index (χ4n) is 1.66. The number of nitrogens with one attached hydrogen (secondary N) is 1. The second-order valence-electron chi connectivity index (χ2n) is 3.90. The van der Waals surface area contributed by atoms with E-state index in [1.165, 1.54) is 6.33 Å². The van der Waals surface area contributed by atoms with Gasteiger partial charge in [0.2, 0.25) is 5.88 Å². The molecular weight excluding hydrogens is 266 g/mol. The van der Waals surface area contributed by atoms with Crippen molar-refractivity contribution in [3.63, 3.8) is 0 Å². The summed E-state index contributed by atoms with van der Waals surface area (Å²) in [5.41, 5.74) is 3.70. The Morgan fingerprint density at radius 3 is 2.63 bits per heavy atom. The topological polar surface area (TPSA) is 56.3 Å². The molecule has 96 valence electrons. The summed E-state index contributed by atoms with van der Waals surface area (Å²) in [5.74, 6) is 1.05. The lowest BCUT2D eigenvalue weighted by atomic mass is 10.1. The van der Waals surface area contributed by atoms with E-state index in [2.05, 4.69) is 15.4 Å². The van der Waals surface area contributed by atoms with Gasteiger partial charge < -0.3 is 4.74 Å². The Kier molecular flexibility index (Phi) is 3.31. The van der Waals surface area contributed by atoms with Crippen LogP contribution in [0.2, 0.25) is 5.02 Å².